The lowest BCUT2D eigenvalue weighted by atomic mass is 10.0. The summed E-state index contributed by atoms with van der Waals surface area (Å²) in [4.78, 5) is 55.2. The highest BCUT2D eigenvalue weighted by Crippen LogP contribution is 2.40. The van der Waals surface area contributed by atoms with Gasteiger partial charge in [0.25, 0.3) is 11.8 Å². The van der Waals surface area contributed by atoms with Crippen LogP contribution in [0.15, 0.2) is 21.8 Å². The molecule has 3 rings (SSSR count). The number of nitrogens with one attached hydrogen (secondary N) is 1. The van der Waals surface area contributed by atoms with Gasteiger partial charge in [0.15, 0.2) is 10.8 Å². The number of nitrogen functional groups attached to an aromatic ring is 1. The molecule has 1 aromatic heterocycles. The Morgan fingerprint density at radius 2 is 2.11 bits per heavy atom. The van der Waals surface area contributed by atoms with Gasteiger partial charge >= 0.3 is 11.9 Å². The summed E-state index contributed by atoms with van der Waals surface area (Å²) in [6.45, 7) is 3.18. The van der Waals surface area contributed by atoms with Crippen LogP contribution in [0.4, 0.5) is 5.13 Å². The number of thiazole rings is 1. The van der Waals surface area contributed by atoms with E-state index < -0.39 is 47.7 Å². The summed E-state index contributed by atoms with van der Waals surface area (Å²) < 4.78 is 15.2. The summed E-state index contributed by atoms with van der Waals surface area (Å²) in [5.41, 5.74) is 5.72. The molecule has 190 valence electrons. The van der Waals surface area contributed by atoms with Crippen molar-refractivity contribution >= 4 is 57.7 Å². The van der Waals surface area contributed by atoms with Gasteiger partial charge in [0.2, 0.25) is 6.79 Å². The number of β-lactam (4-membered cyclic amide) rings is 1. The average Bonchev–Trinajstić information content (AvgIpc) is 3.22. The van der Waals surface area contributed by atoms with Crippen LogP contribution < -0.4 is 11.1 Å². The number of nitrogens with zero attached hydrogens (tertiary/aromatic N) is 3. The maximum Gasteiger partial charge on any atom is 0.358 e. The average molecular weight is 528 g/mol. The normalized spacial score (nSPS) is 19.8. The summed E-state index contributed by atoms with van der Waals surface area (Å²) in [5, 5.41) is 15.8. The maximum absolute atomic E-state index is 12.9. The molecule has 0 saturated carbocycles. The minimum absolute atomic E-state index is 0.0191. The molecule has 15 heteroatoms. The van der Waals surface area contributed by atoms with Crippen LogP contribution in [-0.4, -0.2) is 82.2 Å². The Morgan fingerprint density at radius 1 is 1.37 bits per heavy atom. The van der Waals surface area contributed by atoms with Crippen LogP contribution in [0, 0.1) is 5.92 Å². The number of carbonyl (C=O) groups excluding carboxylic acids is 4. The van der Waals surface area contributed by atoms with Crippen LogP contribution in [-0.2, 0) is 33.4 Å². The van der Waals surface area contributed by atoms with Crippen LogP contribution in [0.5, 0.6) is 0 Å². The van der Waals surface area contributed by atoms with E-state index in [0.29, 0.717) is 11.3 Å². The number of hydrogen-bond acceptors (Lipinski definition) is 13. The number of ether oxygens (including phenoxy) is 3. The van der Waals surface area contributed by atoms with Gasteiger partial charge in [-0.1, -0.05) is 19.0 Å². The highest BCUT2D eigenvalue weighted by atomic mass is 32.2. The van der Waals surface area contributed by atoms with Gasteiger partial charge in [-0.25, -0.2) is 9.78 Å². The number of carbonyl (C=O) groups is 4. The van der Waals surface area contributed by atoms with Gasteiger partial charge in [0, 0.05) is 24.7 Å². The highest BCUT2D eigenvalue weighted by molar-refractivity contribution is 8.00. The lowest BCUT2D eigenvalue weighted by Crippen LogP contribution is -2.71. The van der Waals surface area contributed by atoms with Crippen molar-refractivity contribution in [2.75, 3.05) is 32.0 Å². The molecule has 0 bridgehead atoms. The summed E-state index contributed by atoms with van der Waals surface area (Å²) in [7, 11) is 1.45. The number of aromatic nitrogens is 1. The van der Waals surface area contributed by atoms with E-state index in [9.17, 15) is 24.4 Å². The molecule has 35 heavy (non-hydrogen) atoms. The van der Waals surface area contributed by atoms with Crippen LogP contribution in [0.1, 0.15) is 26.0 Å². The minimum atomic E-state index is -0.990. The van der Waals surface area contributed by atoms with Gasteiger partial charge in [-0.05, 0) is 11.5 Å². The number of methoxy groups -OCH3 is 1. The molecule has 0 aliphatic carbocycles. The van der Waals surface area contributed by atoms with E-state index in [-0.39, 0.29) is 35.5 Å². The topological polar surface area (TPSA) is 183 Å². The number of esters is 2. The molecule has 1 saturated heterocycles. The van der Waals surface area contributed by atoms with Gasteiger partial charge < -0.3 is 30.5 Å². The molecule has 1 unspecified atom stereocenters. The molecule has 2 aliphatic rings. The van der Waals surface area contributed by atoms with E-state index in [0.717, 1.165) is 11.3 Å². The lowest BCUT2D eigenvalue weighted by molar-refractivity contribution is -0.168. The van der Waals surface area contributed by atoms with E-state index in [1.165, 1.54) is 29.2 Å². The molecule has 2 aliphatic heterocycles. The second-order valence-corrected chi connectivity index (χ2v) is 9.92. The third-order valence-corrected chi connectivity index (χ3v) is 6.92. The van der Waals surface area contributed by atoms with E-state index >= 15 is 0 Å². The second-order valence-electron chi connectivity index (χ2n) is 7.93. The molecular formula is C20H25N5O8S2. The molecular weight excluding hydrogens is 502 g/mol. The zero-order valence-electron chi connectivity index (χ0n) is 19.2. The molecule has 1 fully saturated rings. The van der Waals surface area contributed by atoms with Gasteiger partial charge in [-0.2, -0.15) is 0 Å². The van der Waals surface area contributed by atoms with Gasteiger partial charge in [0.1, 0.15) is 22.8 Å². The zero-order valence-corrected chi connectivity index (χ0v) is 20.8. The summed E-state index contributed by atoms with van der Waals surface area (Å²) in [6.07, 6.45) is 0.173. The standard InChI is InChI=1S/C20H25N5O8S2/c1-9(2)4-12(26)32-8-33-19(29)15-10(5-31-3)6-34-18-14(17(28)25(15)18)23-16(27)13(24-30)11-7-35-20(21)22-11/h7,9,14,18,30H,4-6,8H2,1-3H3,(H2,21,22)(H,23,27)/b24-13-/t14?,18-/m1/s1. The number of nitrogens with two attached hydrogens (primary N) is 1. The lowest BCUT2D eigenvalue weighted by Gasteiger charge is -2.49. The Labute approximate surface area is 208 Å². The van der Waals surface area contributed by atoms with Crippen LogP contribution >= 0.6 is 23.1 Å². The Morgan fingerprint density at radius 3 is 2.71 bits per heavy atom. The monoisotopic (exact) mass is 527 g/mol. The summed E-state index contributed by atoms with van der Waals surface area (Å²) >= 11 is 2.37. The molecule has 0 radical (unpaired) electrons. The maximum atomic E-state index is 12.9. The fraction of sp³-hybridized carbons (Fsp3) is 0.500. The van der Waals surface area contributed by atoms with Crippen molar-refractivity contribution in [1.82, 2.24) is 15.2 Å². The van der Waals surface area contributed by atoms with Gasteiger partial charge in [0.05, 0.1) is 6.61 Å². The van der Waals surface area contributed by atoms with Crippen molar-refractivity contribution in [3.8, 4) is 0 Å². The van der Waals surface area contributed by atoms with Crippen LogP contribution in [0.25, 0.3) is 0 Å². The smallest absolute Gasteiger partial charge is 0.358 e. The fourth-order valence-electron chi connectivity index (χ4n) is 3.39. The Balaban J connectivity index is 1.69. The predicted molar refractivity (Wildman–Crippen MR) is 125 cm³/mol. The number of oxime groups is 1. The van der Waals surface area contributed by atoms with Crippen LogP contribution in [0.2, 0.25) is 0 Å². The summed E-state index contributed by atoms with van der Waals surface area (Å²) in [5.74, 6) is -2.35. The first kappa shape index (κ1) is 26.4. The van der Waals surface area contributed by atoms with E-state index in [2.05, 4.69) is 15.5 Å². The number of anilines is 1. The molecule has 3 heterocycles. The first-order chi connectivity index (χ1) is 16.7. The number of fused-ring (bicyclic) bond motifs is 1. The molecule has 4 N–H and O–H groups in total. The number of thioether (sulfide) groups is 1. The van der Waals surface area contributed by atoms with Crippen molar-refractivity contribution in [3.63, 3.8) is 0 Å². The second kappa shape index (κ2) is 11.5. The van der Waals surface area contributed by atoms with E-state index in [1.807, 2.05) is 13.8 Å². The van der Waals surface area contributed by atoms with Gasteiger partial charge in [-0.3, -0.25) is 19.3 Å². The Hall–Kier alpha value is -3.17. The molecule has 1 aromatic rings. The third-order valence-electron chi connectivity index (χ3n) is 4.91. The highest BCUT2D eigenvalue weighted by Gasteiger charge is 2.54. The SMILES string of the molecule is COCC1=C(C(=O)OCOC(=O)CC(C)C)N2C(=O)C(NC(=O)/C(=N\O)c3csc(N)n3)[C@H]2SC1. The zero-order chi connectivity index (χ0) is 25.7. The van der Waals surface area contributed by atoms with E-state index in [4.69, 9.17) is 19.9 Å². The van der Waals surface area contributed by atoms with Gasteiger partial charge in [-0.15, -0.1) is 23.1 Å². The van der Waals surface area contributed by atoms with Crippen molar-refractivity contribution in [2.45, 2.75) is 31.7 Å². The Kier molecular flexibility index (Phi) is 8.69. The molecule has 13 nitrogen and oxygen atoms in total. The van der Waals surface area contributed by atoms with Crippen LogP contribution in [0.3, 0.4) is 0 Å². The van der Waals surface area contributed by atoms with Crippen molar-refractivity contribution < 1.29 is 38.6 Å². The first-order valence-corrected chi connectivity index (χ1v) is 12.3. The number of amides is 2. The fourth-order valence-corrected chi connectivity index (χ4v) is 5.26. The predicted octanol–water partition coefficient (Wildman–Crippen LogP) is 0.294. The first-order valence-electron chi connectivity index (χ1n) is 10.4. The molecule has 2 atom stereocenters. The quantitative estimate of drug-likeness (QED) is 0.0949. The minimum Gasteiger partial charge on any atom is -0.428 e. The Bertz CT molecular complexity index is 1070. The molecule has 2 amide bonds. The van der Waals surface area contributed by atoms with E-state index in [1.54, 1.807) is 0 Å². The third kappa shape index (κ3) is 5.91. The van der Waals surface area contributed by atoms with Crippen molar-refractivity contribution in [2.24, 2.45) is 11.1 Å². The number of hydrogen-bond donors (Lipinski definition) is 3. The van der Waals surface area contributed by atoms with Crippen molar-refractivity contribution in [3.05, 3.63) is 22.3 Å². The molecule has 0 spiro atoms. The number of rotatable bonds is 10. The summed E-state index contributed by atoms with van der Waals surface area (Å²) in [6, 6.07) is -0.990. The molecule has 0 aromatic carbocycles. The largest absolute Gasteiger partial charge is 0.428 e. The van der Waals surface area contributed by atoms with Crippen molar-refractivity contribution in [1.29, 1.82) is 0 Å².